The summed E-state index contributed by atoms with van der Waals surface area (Å²) in [5.74, 6) is 0.422. The fraction of sp³-hybridized carbons (Fsp3) is 0.368. The van der Waals surface area contributed by atoms with E-state index in [0.717, 1.165) is 24.9 Å². The maximum atomic E-state index is 13.1. The first-order chi connectivity index (χ1) is 11.7. The Bertz CT molecular complexity index is 741. The second kappa shape index (κ2) is 6.98. The zero-order valence-electron chi connectivity index (χ0n) is 13.5. The minimum Gasteiger partial charge on any atom is -0.396 e. The number of nitrogens with zero attached hydrogens (tertiary/aromatic N) is 3. The third-order valence-electron chi connectivity index (χ3n) is 4.70. The van der Waals surface area contributed by atoms with Crippen LogP contribution in [0.15, 0.2) is 42.6 Å². The molecule has 0 aliphatic carbocycles. The van der Waals surface area contributed by atoms with Gasteiger partial charge in [0.1, 0.15) is 17.7 Å². The quantitative estimate of drug-likeness (QED) is 0.939. The van der Waals surface area contributed by atoms with E-state index in [1.54, 1.807) is 30.5 Å². The van der Waals surface area contributed by atoms with Gasteiger partial charge in [-0.25, -0.2) is 9.37 Å². The summed E-state index contributed by atoms with van der Waals surface area (Å²) < 4.78 is 13.1. The van der Waals surface area contributed by atoms with Crippen LogP contribution in [-0.4, -0.2) is 29.8 Å². The lowest BCUT2D eigenvalue weighted by atomic mass is 9.75. The lowest BCUT2D eigenvalue weighted by molar-refractivity contribution is 0.105. The van der Waals surface area contributed by atoms with Crippen molar-refractivity contribution in [3.63, 3.8) is 0 Å². The number of hydrogen-bond donors (Lipinski definition) is 1. The van der Waals surface area contributed by atoms with Crippen LogP contribution in [0.4, 0.5) is 10.2 Å². The van der Waals surface area contributed by atoms with Crippen LogP contribution in [0.3, 0.4) is 0 Å². The molecular weight excluding hydrogens is 305 g/mol. The monoisotopic (exact) mass is 325 g/mol. The van der Waals surface area contributed by atoms with Crippen LogP contribution in [-0.2, 0) is 6.42 Å². The molecule has 1 N–H and O–H groups in total. The molecule has 124 valence electrons. The van der Waals surface area contributed by atoms with Crippen molar-refractivity contribution in [2.24, 2.45) is 5.41 Å². The average molecular weight is 325 g/mol. The summed E-state index contributed by atoms with van der Waals surface area (Å²) >= 11 is 0. The number of piperidine rings is 1. The molecule has 24 heavy (non-hydrogen) atoms. The van der Waals surface area contributed by atoms with Crippen molar-refractivity contribution in [1.29, 1.82) is 5.26 Å². The van der Waals surface area contributed by atoms with Gasteiger partial charge in [-0.15, -0.1) is 0 Å². The summed E-state index contributed by atoms with van der Waals surface area (Å²) in [5, 5.41) is 19.4. The maximum Gasteiger partial charge on any atom is 0.146 e. The number of aromatic nitrogens is 1. The Labute approximate surface area is 141 Å². The molecule has 1 aliphatic heterocycles. The molecule has 0 bridgehead atoms. The first kappa shape index (κ1) is 16.4. The molecule has 2 aromatic rings. The summed E-state index contributed by atoms with van der Waals surface area (Å²) in [6, 6.07) is 12.1. The highest BCUT2D eigenvalue weighted by Gasteiger charge is 2.36. The molecule has 1 aromatic carbocycles. The van der Waals surface area contributed by atoms with Gasteiger partial charge in [-0.1, -0.05) is 12.1 Å². The summed E-state index contributed by atoms with van der Waals surface area (Å²) in [6.07, 6.45) is 4.18. The maximum absolute atomic E-state index is 13.1. The highest BCUT2D eigenvalue weighted by molar-refractivity contribution is 5.54. The molecule has 1 saturated heterocycles. The topological polar surface area (TPSA) is 60.2 Å². The van der Waals surface area contributed by atoms with Crippen molar-refractivity contribution in [1.82, 2.24) is 4.98 Å². The number of aliphatic hydroxyl groups excluding tert-OH is 1. The SMILES string of the molecule is N#Cc1cccnc1N1CCC[C@](CO)(Cc2ccc(F)cc2)C1. The van der Waals surface area contributed by atoms with Crippen LogP contribution in [0.2, 0.25) is 0 Å². The van der Waals surface area contributed by atoms with Gasteiger partial charge in [0.15, 0.2) is 0 Å². The Morgan fingerprint density at radius 1 is 1.29 bits per heavy atom. The molecule has 5 heteroatoms. The van der Waals surface area contributed by atoms with E-state index in [1.165, 1.54) is 12.1 Å². The van der Waals surface area contributed by atoms with Gasteiger partial charge in [0.2, 0.25) is 0 Å². The summed E-state index contributed by atoms with van der Waals surface area (Å²) in [5.41, 5.74) is 1.25. The first-order valence-electron chi connectivity index (χ1n) is 8.11. The van der Waals surface area contributed by atoms with Crippen LogP contribution >= 0.6 is 0 Å². The molecule has 0 spiro atoms. The van der Waals surface area contributed by atoms with Crippen LogP contribution in [0.25, 0.3) is 0 Å². The zero-order chi connectivity index (χ0) is 17.0. The third-order valence-corrected chi connectivity index (χ3v) is 4.70. The van der Waals surface area contributed by atoms with Gasteiger partial charge in [0, 0.05) is 24.7 Å². The standard InChI is InChI=1S/C19H20FN3O/c20-17-6-4-15(5-7-17)11-19(14-24)8-2-10-23(13-19)18-16(12-21)3-1-9-22-18/h1,3-7,9,24H,2,8,10-11,13-14H2/t19-/m0/s1. The number of aliphatic hydroxyl groups is 1. The highest BCUT2D eigenvalue weighted by Crippen LogP contribution is 2.35. The summed E-state index contributed by atoms with van der Waals surface area (Å²) in [6.45, 7) is 1.50. The van der Waals surface area contributed by atoms with E-state index in [0.29, 0.717) is 24.3 Å². The molecule has 1 aromatic heterocycles. The number of halogens is 1. The van der Waals surface area contributed by atoms with E-state index in [4.69, 9.17) is 0 Å². The molecule has 0 amide bonds. The van der Waals surface area contributed by atoms with E-state index >= 15 is 0 Å². The van der Waals surface area contributed by atoms with Crippen LogP contribution < -0.4 is 4.90 Å². The van der Waals surface area contributed by atoms with Crippen molar-refractivity contribution in [2.45, 2.75) is 19.3 Å². The molecule has 0 unspecified atom stereocenters. The minimum absolute atomic E-state index is 0.0512. The molecule has 0 saturated carbocycles. The van der Waals surface area contributed by atoms with Crippen molar-refractivity contribution < 1.29 is 9.50 Å². The fourth-order valence-corrected chi connectivity index (χ4v) is 3.49. The van der Waals surface area contributed by atoms with Crippen LogP contribution in [0, 0.1) is 22.6 Å². The zero-order valence-corrected chi connectivity index (χ0v) is 13.5. The predicted octanol–water partition coefficient (Wildman–Crippen LogP) is 2.91. The van der Waals surface area contributed by atoms with Gasteiger partial charge in [-0.2, -0.15) is 5.26 Å². The number of rotatable bonds is 4. The molecule has 2 heterocycles. The Kier molecular flexibility index (Phi) is 4.77. The number of anilines is 1. The summed E-state index contributed by atoms with van der Waals surface area (Å²) in [4.78, 5) is 6.45. The molecule has 3 rings (SSSR count). The smallest absolute Gasteiger partial charge is 0.146 e. The van der Waals surface area contributed by atoms with Gasteiger partial charge in [-0.3, -0.25) is 0 Å². The minimum atomic E-state index is -0.305. The van der Waals surface area contributed by atoms with E-state index < -0.39 is 0 Å². The van der Waals surface area contributed by atoms with Gasteiger partial charge in [-0.05, 0) is 49.1 Å². The molecule has 1 atom stereocenters. The van der Waals surface area contributed by atoms with Crippen molar-refractivity contribution >= 4 is 5.82 Å². The van der Waals surface area contributed by atoms with E-state index in [9.17, 15) is 14.8 Å². The molecule has 0 radical (unpaired) electrons. The summed E-state index contributed by atoms with van der Waals surface area (Å²) in [7, 11) is 0. The van der Waals surface area contributed by atoms with E-state index in [-0.39, 0.29) is 17.8 Å². The van der Waals surface area contributed by atoms with Gasteiger partial charge in [0.05, 0.1) is 12.2 Å². The van der Waals surface area contributed by atoms with Crippen molar-refractivity contribution in [3.8, 4) is 6.07 Å². The molecular formula is C19H20FN3O. The highest BCUT2D eigenvalue weighted by atomic mass is 19.1. The van der Waals surface area contributed by atoms with Crippen molar-refractivity contribution in [3.05, 3.63) is 59.5 Å². The largest absolute Gasteiger partial charge is 0.396 e. The van der Waals surface area contributed by atoms with Gasteiger partial charge < -0.3 is 10.0 Å². The van der Waals surface area contributed by atoms with Crippen molar-refractivity contribution in [2.75, 3.05) is 24.6 Å². The Morgan fingerprint density at radius 3 is 2.79 bits per heavy atom. The second-order valence-electron chi connectivity index (χ2n) is 6.47. The molecule has 1 fully saturated rings. The second-order valence-corrected chi connectivity index (χ2v) is 6.47. The van der Waals surface area contributed by atoms with Crippen LogP contribution in [0.1, 0.15) is 24.0 Å². The van der Waals surface area contributed by atoms with Crippen LogP contribution in [0.5, 0.6) is 0 Å². The third kappa shape index (κ3) is 3.39. The van der Waals surface area contributed by atoms with E-state index in [1.807, 2.05) is 0 Å². The van der Waals surface area contributed by atoms with E-state index in [2.05, 4.69) is 16.0 Å². The molecule has 1 aliphatic rings. The first-order valence-corrected chi connectivity index (χ1v) is 8.11. The number of benzene rings is 1. The average Bonchev–Trinajstić information content (AvgIpc) is 2.64. The lowest BCUT2D eigenvalue weighted by Gasteiger charge is -2.42. The van der Waals surface area contributed by atoms with Gasteiger partial charge in [0.25, 0.3) is 0 Å². The molecule has 4 nitrogen and oxygen atoms in total. The predicted molar refractivity (Wildman–Crippen MR) is 90.0 cm³/mol. The normalized spacial score (nSPS) is 20.6. The Balaban J connectivity index is 1.84. The number of nitriles is 1. The lowest BCUT2D eigenvalue weighted by Crippen LogP contribution is -2.47. The van der Waals surface area contributed by atoms with Gasteiger partial charge >= 0.3 is 0 Å². The fourth-order valence-electron chi connectivity index (χ4n) is 3.49. The number of pyridine rings is 1. The Morgan fingerprint density at radius 2 is 2.08 bits per heavy atom. The Hall–Kier alpha value is -2.45. The number of hydrogen-bond acceptors (Lipinski definition) is 4.